The summed E-state index contributed by atoms with van der Waals surface area (Å²) in [4.78, 5) is 44.2. The Balaban J connectivity index is 1.94. The molecule has 2 aromatic rings. The van der Waals surface area contributed by atoms with Gasteiger partial charge in [0.25, 0.3) is 5.56 Å². The van der Waals surface area contributed by atoms with E-state index in [9.17, 15) is 14.4 Å². The standard InChI is InChI=1S/C15H11N3O3/c19-13-6-12(10-2-1-5-16-15(10)21)17-8-11(13)9-3-4-14(20)18-7-9/h1-8,11H,(H,16,21)(H,18,20). The highest BCUT2D eigenvalue weighted by Gasteiger charge is 2.22. The number of H-pyrrole nitrogens is 2. The van der Waals surface area contributed by atoms with Gasteiger partial charge in [-0.15, -0.1) is 0 Å². The molecule has 2 aromatic heterocycles. The highest BCUT2D eigenvalue weighted by molar-refractivity contribution is 6.13. The van der Waals surface area contributed by atoms with E-state index in [4.69, 9.17) is 0 Å². The van der Waals surface area contributed by atoms with Gasteiger partial charge in [0, 0.05) is 30.8 Å². The van der Waals surface area contributed by atoms with Crippen LogP contribution in [-0.2, 0) is 4.79 Å². The molecule has 104 valence electrons. The van der Waals surface area contributed by atoms with Crippen LogP contribution in [0.25, 0.3) is 5.70 Å². The first-order valence-electron chi connectivity index (χ1n) is 6.31. The fraction of sp³-hybridized carbons (Fsp3) is 0.0667. The van der Waals surface area contributed by atoms with Gasteiger partial charge in [-0.2, -0.15) is 0 Å². The normalized spacial score (nSPS) is 17.6. The average Bonchev–Trinajstić information content (AvgIpc) is 2.49. The van der Waals surface area contributed by atoms with Crippen molar-refractivity contribution >= 4 is 17.7 Å². The molecular formula is C15H11N3O3. The Bertz CT molecular complexity index is 853. The molecule has 3 rings (SSSR count). The minimum absolute atomic E-state index is 0.185. The van der Waals surface area contributed by atoms with Crippen molar-refractivity contribution in [1.29, 1.82) is 0 Å². The number of nitrogens with one attached hydrogen (secondary N) is 2. The number of hydrogen-bond donors (Lipinski definition) is 2. The molecule has 0 saturated heterocycles. The lowest BCUT2D eigenvalue weighted by atomic mass is 9.94. The van der Waals surface area contributed by atoms with E-state index in [1.165, 1.54) is 30.8 Å². The number of aromatic amines is 2. The Morgan fingerprint density at radius 3 is 2.57 bits per heavy atom. The van der Waals surface area contributed by atoms with Crippen LogP contribution in [0.4, 0.5) is 0 Å². The predicted octanol–water partition coefficient (Wildman–Crippen LogP) is 0.841. The van der Waals surface area contributed by atoms with Gasteiger partial charge >= 0.3 is 0 Å². The maximum Gasteiger partial charge on any atom is 0.257 e. The van der Waals surface area contributed by atoms with Crippen LogP contribution in [0.2, 0.25) is 0 Å². The Morgan fingerprint density at radius 1 is 1.05 bits per heavy atom. The van der Waals surface area contributed by atoms with Crippen LogP contribution in [0.15, 0.2) is 57.3 Å². The summed E-state index contributed by atoms with van der Waals surface area (Å²) in [5.41, 5.74) is 0.812. The van der Waals surface area contributed by atoms with Crippen LogP contribution in [0.5, 0.6) is 0 Å². The third-order valence-electron chi connectivity index (χ3n) is 3.21. The lowest BCUT2D eigenvalue weighted by molar-refractivity contribution is -0.114. The number of allylic oxidation sites excluding steroid dienone is 1. The van der Waals surface area contributed by atoms with E-state index in [0.717, 1.165) is 0 Å². The Kier molecular flexibility index (Phi) is 3.19. The molecule has 6 heteroatoms. The molecule has 0 aromatic carbocycles. The summed E-state index contributed by atoms with van der Waals surface area (Å²) in [6.45, 7) is 0. The number of rotatable bonds is 2. The van der Waals surface area contributed by atoms with Crippen LogP contribution >= 0.6 is 0 Å². The summed E-state index contributed by atoms with van der Waals surface area (Å²) < 4.78 is 0. The van der Waals surface area contributed by atoms with Crippen LogP contribution in [0.1, 0.15) is 17.0 Å². The Morgan fingerprint density at radius 2 is 1.90 bits per heavy atom. The van der Waals surface area contributed by atoms with E-state index in [1.54, 1.807) is 18.2 Å². The summed E-state index contributed by atoms with van der Waals surface area (Å²) in [5.74, 6) is -0.733. The molecule has 21 heavy (non-hydrogen) atoms. The number of aromatic nitrogens is 2. The second kappa shape index (κ2) is 5.16. The molecule has 0 fully saturated rings. The van der Waals surface area contributed by atoms with Gasteiger partial charge in [-0.05, 0) is 17.7 Å². The third kappa shape index (κ3) is 2.51. The lowest BCUT2D eigenvalue weighted by Crippen LogP contribution is -2.19. The largest absolute Gasteiger partial charge is 0.329 e. The number of hydrogen-bond acceptors (Lipinski definition) is 4. The predicted molar refractivity (Wildman–Crippen MR) is 78.3 cm³/mol. The van der Waals surface area contributed by atoms with Crippen LogP contribution in [0, 0.1) is 0 Å². The number of carbonyl (C=O) groups excluding carboxylic acids is 1. The van der Waals surface area contributed by atoms with Crippen molar-refractivity contribution in [3.05, 3.63) is 74.6 Å². The number of ketones is 1. The smallest absolute Gasteiger partial charge is 0.257 e. The van der Waals surface area contributed by atoms with Crippen LogP contribution in [-0.4, -0.2) is 22.0 Å². The zero-order chi connectivity index (χ0) is 14.8. The quantitative estimate of drug-likeness (QED) is 0.854. The highest BCUT2D eigenvalue weighted by atomic mass is 16.1. The maximum atomic E-state index is 12.2. The lowest BCUT2D eigenvalue weighted by Gasteiger charge is -2.14. The summed E-state index contributed by atoms with van der Waals surface area (Å²) in [6, 6.07) is 6.22. The van der Waals surface area contributed by atoms with E-state index >= 15 is 0 Å². The molecule has 0 spiro atoms. The number of pyridine rings is 2. The van der Waals surface area contributed by atoms with Crippen molar-refractivity contribution < 1.29 is 4.79 Å². The molecule has 1 aliphatic rings. The minimum Gasteiger partial charge on any atom is -0.329 e. The monoisotopic (exact) mass is 281 g/mol. The van der Waals surface area contributed by atoms with Gasteiger partial charge in [0.1, 0.15) is 0 Å². The van der Waals surface area contributed by atoms with Crippen molar-refractivity contribution in [2.24, 2.45) is 4.99 Å². The first-order chi connectivity index (χ1) is 10.1. The van der Waals surface area contributed by atoms with Gasteiger partial charge in [-0.25, -0.2) is 0 Å². The molecular weight excluding hydrogens is 270 g/mol. The summed E-state index contributed by atoms with van der Waals surface area (Å²) in [5, 5.41) is 0. The Hall–Kier alpha value is -3.02. The van der Waals surface area contributed by atoms with E-state index in [-0.39, 0.29) is 16.9 Å². The van der Waals surface area contributed by atoms with Gasteiger partial charge in [0.2, 0.25) is 5.56 Å². The third-order valence-corrected chi connectivity index (χ3v) is 3.21. The van der Waals surface area contributed by atoms with Crippen molar-refractivity contribution in [1.82, 2.24) is 9.97 Å². The van der Waals surface area contributed by atoms with Crippen molar-refractivity contribution in [3.8, 4) is 0 Å². The van der Waals surface area contributed by atoms with E-state index < -0.39 is 5.92 Å². The van der Waals surface area contributed by atoms with Gasteiger partial charge in [0.05, 0.1) is 17.2 Å². The van der Waals surface area contributed by atoms with Crippen molar-refractivity contribution in [3.63, 3.8) is 0 Å². The molecule has 1 unspecified atom stereocenters. The van der Waals surface area contributed by atoms with Crippen LogP contribution in [0.3, 0.4) is 0 Å². The summed E-state index contributed by atoms with van der Waals surface area (Å²) in [7, 11) is 0. The van der Waals surface area contributed by atoms with Gasteiger partial charge in [0.15, 0.2) is 5.78 Å². The SMILES string of the molecule is O=C1C=C(c2ccc[nH]c2=O)N=CC1c1ccc(=O)[nH]c1. The molecule has 0 amide bonds. The molecule has 0 radical (unpaired) electrons. The molecule has 1 atom stereocenters. The second-order valence-electron chi connectivity index (χ2n) is 4.59. The van der Waals surface area contributed by atoms with Gasteiger partial charge in [-0.3, -0.25) is 19.4 Å². The zero-order valence-electron chi connectivity index (χ0n) is 10.9. The molecule has 6 nitrogen and oxygen atoms in total. The van der Waals surface area contributed by atoms with E-state index in [1.807, 2.05) is 0 Å². The molecule has 0 aliphatic carbocycles. The van der Waals surface area contributed by atoms with Gasteiger partial charge in [-0.1, -0.05) is 6.07 Å². The fourth-order valence-electron chi connectivity index (χ4n) is 2.13. The average molecular weight is 281 g/mol. The van der Waals surface area contributed by atoms with Gasteiger partial charge < -0.3 is 9.97 Å². The van der Waals surface area contributed by atoms with E-state index in [0.29, 0.717) is 16.8 Å². The number of carbonyl (C=O) groups is 1. The van der Waals surface area contributed by atoms with Crippen LogP contribution < -0.4 is 11.1 Å². The highest BCUT2D eigenvalue weighted by Crippen LogP contribution is 2.23. The first-order valence-corrected chi connectivity index (χ1v) is 6.31. The zero-order valence-corrected chi connectivity index (χ0v) is 10.9. The van der Waals surface area contributed by atoms with Crippen molar-refractivity contribution in [2.45, 2.75) is 5.92 Å². The molecule has 2 N–H and O–H groups in total. The minimum atomic E-state index is -0.548. The number of nitrogens with zero attached hydrogens (tertiary/aromatic N) is 1. The topological polar surface area (TPSA) is 95.2 Å². The summed E-state index contributed by atoms with van der Waals surface area (Å²) in [6.07, 6.45) is 5.84. The second-order valence-corrected chi connectivity index (χ2v) is 4.59. The Labute approximate surface area is 118 Å². The van der Waals surface area contributed by atoms with Crippen molar-refractivity contribution in [2.75, 3.05) is 0 Å². The maximum absolute atomic E-state index is 12.2. The fourth-order valence-corrected chi connectivity index (χ4v) is 2.13. The number of aliphatic imine (C=N–C) groups is 1. The van der Waals surface area contributed by atoms with E-state index in [2.05, 4.69) is 15.0 Å². The molecule has 1 aliphatic heterocycles. The summed E-state index contributed by atoms with van der Waals surface area (Å²) >= 11 is 0. The molecule has 0 bridgehead atoms. The first kappa shape index (κ1) is 13.0. The molecule has 0 saturated carbocycles. The molecule has 3 heterocycles.